The molecule has 1 amide bonds. The van der Waals surface area contributed by atoms with Gasteiger partial charge in [-0.3, -0.25) is 14.4 Å². The van der Waals surface area contributed by atoms with Gasteiger partial charge in [0.15, 0.2) is 11.9 Å². The Morgan fingerprint density at radius 2 is 1.69 bits per heavy atom. The number of aliphatic hydroxyl groups is 4. The van der Waals surface area contributed by atoms with Gasteiger partial charge in [-0.05, 0) is 89.5 Å². The molecule has 4 heterocycles. The second-order valence-electron chi connectivity index (χ2n) is 19.1. The summed E-state index contributed by atoms with van der Waals surface area (Å²) in [6.45, 7) is 6.82. The largest absolute Gasteiger partial charge is 0.619 e. The number of aliphatic hydroxyl groups excluding tert-OH is 3. The molecule has 0 aromatic carbocycles. The average molecular weight is 915 g/mol. The summed E-state index contributed by atoms with van der Waals surface area (Å²) in [5, 5.41) is 57.0. The molecule has 16 nitrogen and oxygen atoms in total. The smallest absolute Gasteiger partial charge is 0.329 e. The number of fused-ring (bicyclic) bond motifs is 3. The van der Waals surface area contributed by atoms with E-state index in [1.165, 1.54) is 20.4 Å². The summed E-state index contributed by atoms with van der Waals surface area (Å²) in [7, 11) is 4.52. The molecule has 1 aromatic heterocycles. The summed E-state index contributed by atoms with van der Waals surface area (Å²) >= 11 is 0. The van der Waals surface area contributed by atoms with Gasteiger partial charge in [-0.2, -0.15) is 4.73 Å². The summed E-state index contributed by atoms with van der Waals surface area (Å²) in [5.74, 6) is -8.73. The summed E-state index contributed by atoms with van der Waals surface area (Å²) in [6.07, 6.45) is 3.85. The Kier molecular flexibility index (Phi) is 19.3. The lowest BCUT2D eigenvalue weighted by atomic mass is 9.78. The number of Topliss-reactive ketones (excluding diaryl/α,β-unsaturated/α-hetero) is 2. The molecule has 1 saturated carbocycles. The van der Waals surface area contributed by atoms with Crippen LogP contribution in [0.5, 0.6) is 0 Å². The minimum absolute atomic E-state index is 0.0427. The number of cyclic esters (lactones) is 1. The fourth-order valence-corrected chi connectivity index (χ4v) is 10.4. The normalized spacial score (nSPS) is 37.4. The van der Waals surface area contributed by atoms with Gasteiger partial charge in [-0.1, -0.05) is 37.6 Å². The predicted molar refractivity (Wildman–Crippen MR) is 238 cm³/mol. The number of aromatic nitrogens is 1. The van der Waals surface area contributed by atoms with E-state index in [9.17, 15) is 44.8 Å². The number of amides is 1. The number of ether oxygens (including phenoxy) is 5. The Bertz CT molecular complexity index is 1840. The molecule has 0 spiro atoms. The number of carbonyl (C=O) groups is 4. The van der Waals surface area contributed by atoms with Crippen LogP contribution in [-0.2, 0) is 49.3 Å². The Hall–Kier alpha value is -3.61. The molecular formula is C49H74N2O14. The predicted octanol–water partition coefficient (Wildman–Crippen LogP) is 3.69. The number of ketones is 2. The Balaban J connectivity index is 1.56. The Labute approximate surface area is 383 Å². The van der Waals surface area contributed by atoms with E-state index in [0.717, 1.165) is 15.2 Å². The van der Waals surface area contributed by atoms with E-state index in [4.69, 9.17) is 23.7 Å². The van der Waals surface area contributed by atoms with Crippen LogP contribution in [0.2, 0.25) is 0 Å². The van der Waals surface area contributed by atoms with Crippen LogP contribution in [0.25, 0.3) is 0 Å². The minimum atomic E-state index is -2.59. The highest BCUT2D eigenvalue weighted by Gasteiger charge is 2.57. The van der Waals surface area contributed by atoms with Gasteiger partial charge in [0.1, 0.15) is 24.0 Å². The van der Waals surface area contributed by atoms with Gasteiger partial charge in [-0.25, -0.2) is 4.79 Å². The maximum atomic E-state index is 14.5. The summed E-state index contributed by atoms with van der Waals surface area (Å²) < 4.78 is 31.1. The molecule has 16 heteroatoms. The Morgan fingerprint density at radius 3 is 2.37 bits per heavy atom. The quantitative estimate of drug-likeness (QED) is 0.0864. The van der Waals surface area contributed by atoms with Crippen molar-refractivity contribution in [2.45, 2.75) is 166 Å². The molecule has 2 bridgehead atoms. The lowest BCUT2D eigenvalue weighted by Gasteiger charge is -2.47. The molecule has 1 aliphatic carbocycles. The highest BCUT2D eigenvalue weighted by atomic mass is 16.7. The number of nitrogens with zero attached hydrogens (tertiary/aromatic N) is 2. The lowest BCUT2D eigenvalue weighted by molar-refractivity contribution is -0.614. The van der Waals surface area contributed by atoms with Crippen molar-refractivity contribution in [1.29, 1.82) is 0 Å². The van der Waals surface area contributed by atoms with E-state index in [0.29, 0.717) is 69.1 Å². The number of allylic oxidation sites excluding steroid dienone is 2. The highest BCUT2D eigenvalue weighted by molar-refractivity contribution is 6.39. The van der Waals surface area contributed by atoms with Crippen molar-refractivity contribution in [3.63, 3.8) is 0 Å². The van der Waals surface area contributed by atoms with Crippen LogP contribution in [0.1, 0.15) is 110 Å². The van der Waals surface area contributed by atoms with Crippen LogP contribution in [-0.4, -0.2) is 138 Å². The van der Waals surface area contributed by atoms with Crippen LogP contribution in [0.15, 0.2) is 47.7 Å². The molecule has 65 heavy (non-hydrogen) atoms. The number of hydrogen-bond donors (Lipinski definition) is 4. The number of carbonyl (C=O) groups excluding carboxylic acids is 4. The summed E-state index contributed by atoms with van der Waals surface area (Å²) in [6, 6.07) is 3.98. The number of pyridine rings is 1. The number of rotatable bonds is 10. The average Bonchev–Trinajstić information content (AvgIpc) is 3.29. The maximum absolute atomic E-state index is 14.5. The van der Waals surface area contributed by atoms with Gasteiger partial charge in [0.2, 0.25) is 5.79 Å². The molecule has 3 aliphatic heterocycles. The number of aryl methyl sites for hydroxylation is 1. The molecule has 4 aliphatic rings. The van der Waals surface area contributed by atoms with Gasteiger partial charge in [0.05, 0.1) is 30.5 Å². The van der Waals surface area contributed by atoms with E-state index in [1.807, 2.05) is 19.1 Å². The third-order valence-electron chi connectivity index (χ3n) is 14.5. The van der Waals surface area contributed by atoms with Crippen molar-refractivity contribution in [3.8, 4) is 0 Å². The molecule has 3 fully saturated rings. The third kappa shape index (κ3) is 12.9. The first-order chi connectivity index (χ1) is 30.9. The van der Waals surface area contributed by atoms with Crippen LogP contribution < -0.4 is 4.73 Å². The van der Waals surface area contributed by atoms with E-state index in [1.54, 1.807) is 46.1 Å². The SMILES string of the molecule is CO[C@H]1C/C(C)=C/[C@@H](CCCc2cccc[n+]2[O-])C(=O)C[C@H](O)[C@@H](C)[C@@H](/C(C)=C/[C@@H]2CC[C@@H](O)[C@H](CO)C2)OC(=O)[C@@H]2CCCCN2C(=O)C(=O)[C@]2(O)O[C@H]([C@@H](OC)C1)[C@@H](OC)C[C@H]2C. The van der Waals surface area contributed by atoms with E-state index in [2.05, 4.69) is 0 Å². The van der Waals surface area contributed by atoms with Crippen molar-refractivity contribution in [2.75, 3.05) is 34.5 Å². The van der Waals surface area contributed by atoms with Gasteiger partial charge < -0.3 is 54.2 Å². The Morgan fingerprint density at radius 1 is 0.969 bits per heavy atom. The molecule has 0 radical (unpaired) electrons. The molecule has 364 valence electrons. The molecule has 2 saturated heterocycles. The van der Waals surface area contributed by atoms with E-state index >= 15 is 0 Å². The van der Waals surface area contributed by atoms with Crippen molar-refractivity contribution < 1.29 is 68.0 Å². The number of methoxy groups -OCH3 is 3. The van der Waals surface area contributed by atoms with Crippen molar-refractivity contribution in [2.24, 2.45) is 29.6 Å². The van der Waals surface area contributed by atoms with Gasteiger partial charge >= 0.3 is 5.97 Å². The molecule has 1 aromatic rings. The summed E-state index contributed by atoms with van der Waals surface area (Å²) in [4.78, 5) is 58.7. The van der Waals surface area contributed by atoms with Gasteiger partial charge in [-0.15, -0.1) is 0 Å². The van der Waals surface area contributed by atoms with Crippen molar-refractivity contribution in [1.82, 2.24) is 4.90 Å². The fourth-order valence-electron chi connectivity index (χ4n) is 10.4. The molecule has 5 rings (SSSR count). The second-order valence-corrected chi connectivity index (χ2v) is 19.1. The maximum Gasteiger partial charge on any atom is 0.329 e. The fraction of sp³-hybridized carbons (Fsp3) is 0.735. The van der Waals surface area contributed by atoms with Crippen molar-refractivity contribution >= 4 is 23.4 Å². The topological polar surface area (TPSA) is 226 Å². The zero-order chi connectivity index (χ0) is 47.6. The first-order valence-corrected chi connectivity index (χ1v) is 23.5. The first kappa shape index (κ1) is 52.4. The van der Waals surface area contributed by atoms with Crippen LogP contribution >= 0.6 is 0 Å². The first-order valence-electron chi connectivity index (χ1n) is 23.5. The molecule has 0 unspecified atom stereocenters. The van der Waals surface area contributed by atoms with Gasteiger partial charge in [0.25, 0.3) is 11.7 Å². The van der Waals surface area contributed by atoms with Crippen LogP contribution in [0.4, 0.5) is 0 Å². The lowest BCUT2D eigenvalue weighted by Crippen LogP contribution is -2.64. The monoisotopic (exact) mass is 915 g/mol. The zero-order valence-corrected chi connectivity index (χ0v) is 39.3. The van der Waals surface area contributed by atoms with E-state index < -0.39 is 90.0 Å². The highest BCUT2D eigenvalue weighted by Crippen LogP contribution is 2.39. The number of esters is 1. The number of piperidine rings is 1. The molecule has 14 atom stereocenters. The minimum Gasteiger partial charge on any atom is -0.619 e. The van der Waals surface area contributed by atoms with Crippen LogP contribution in [0.3, 0.4) is 0 Å². The van der Waals surface area contributed by atoms with Gasteiger partial charge in [0, 0.05) is 89.5 Å². The third-order valence-corrected chi connectivity index (χ3v) is 14.5. The summed E-state index contributed by atoms with van der Waals surface area (Å²) in [5.41, 5.74) is 1.97. The molecule has 4 N–H and O–H groups in total. The second kappa shape index (κ2) is 23.9. The van der Waals surface area contributed by atoms with Crippen molar-refractivity contribution in [3.05, 3.63) is 58.6 Å². The zero-order valence-electron chi connectivity index (χ0n) is 39.3. The van der Waals surface area contributed by atoms with Crippen LogP contribution in [0, 0.1) is 34.8 Å². The molecular weight excluding hydrogens is 841 g/mol. The number of hydrogen-bond acceptors (Lipinski definition) is 14. The van der Waals surface area contributed by atoms with E-state index in [-0.39, 0.29) is 56.5 Å². The standard InChI is InChI=1S/C49H74N2O14/c1-29-21-34(13-12-15-36-14-8-11-20-51(36)60)41(55)27-40(54)32(4)44(30(2)23-33-17-18-39(53)35(25-33)28-52)64-48(58)38-16-9-10-19-50(38)47(57)46(56)49(59)31(3)24-42(62-6)45(65-49)43(63-7)26-37(22-29)61-5/h8,11,14,20-21,23,31-35,37-40,42-45,52-54,59H,9-10,12-13,15-19,22,24-28H2,1-7H3/b29-21+,30-23+/t31-,32-,33+,34-,35+,37+,38+,39-,40+,42+,43+,44-,45+,49-/m1/s1.